The molecule has 0 aliphatic rings. The van der Waals surface area contributed by atoms with Gasteiger partial charge in [-0.3, -0.25) is 0 Å². The van der Waals surface area contributed by atoms with Crippen molar-refractivity contribution in [2.45, 2.75) is 40.3 Å². The molecule has 0 atom stereocenters. The topological polar surface area (TPSA) is 412 Å². The van der Waals surface area contributed by atoms with Crippen LogP contribution in [0.5, 0.6) is 26.7 Å². The number of hydrogen-bond donors (Lipinski definition) is 0. The number of tetrazole rings is 4. The van der Waals surface area contributed by atoms with Crippen LogP contribution in [0.3, 0.4) is 0 Å². The van der Waals surface area contributed by atoms with E-state index in [-0.39, 0.29) is 62.7 Å². The molecule has 12 rings (SSSR count). The highest BCUT2D eigenvalue weighted by atomic mass is 32.1. The Kier molecular flexibility index (Phi) is 18.3. The van der Waals surface area contributed by atoms with Gasteiger partial charge in [-0.05, 0) is 67.6 Å². The largest absolute Gasteiger partial charge is 0.477 e. The van der Waals surface area contributed by atoms with Crippen LogP contribution in [0, 0.1) is 19.3 Å². The van der Waals surface area contributed by atoms with Crippen molar-refractivity contribution in [3.63, 3.8) is 0 Å². The normalized spacial score (nSPS) is 11.2. The summed E-state index contributed by atoms with van der Waals surface area (Å²) in [6, 6.07) is 0. The minimum absolute atomic E-state index is 0.000351. The molecule has 0 radical (unpaired) electrons. The lowest BCUT2D eigenvalue weighted by atomic mass is 10.2. The molecule has 0 bridgehead atoms. The predicted octanol–water partition coefficient (Wildman–Crippen LogP) is 0.497. The van der Waals surface area contributed by atoms with Crippen molar-refractivity contribution in [3.05, 3.63) is 159 Å². The third-order valence-electron chi connectivity index (χ3n) is 11.2. The van der Waals surface area contributed by atoms with Gasteiger partial charge in [-0.25, -0.2) is 39.1 Å². The highest BCUT2D eigenvalue weighted by Gasteiger charge is 2.22. The van der Waals surface area contributed by atoms with Crippen LogP contribution in [0.2, 0.25) is 0 Å². The average Bonchev–Trinajstić information content (AvgIpc) is 1.75. The molecule has 41 heteroatoms. The molecule has 0 saturated carbocycles. The Hall–Kier alpha value is -11.4. The Morgan fingerprint density at radius 2 is 0.852 bits per heavy atom. The van der Waals surface area contributed by atoms with Gasteiger partial charge in [-0.2, -0.15) is 68.0 Å². The highest BCUT2D eigenvalue weighted by Crippen LogP contribution is 2.26. The molecule has 12 aromatic rings. The second-order valence-corrected chi connectivity index (χ2v) is 19.8. The summed E-state index contributed by atoms with van der Waals surface area (Å²) in [6.45, 7) is 7.85. The lowest BCUT2D eigenvalue weighted by Crippen LogP contribution is -2.24. The first-order valence-corrected chi connectivity index (χ1v) is 28.1. The van der Waals surface area contributed by atoms with Crippen molar-refractivity contribution >= 4 is 51.4 Å². The first kappa shape index (κ1) is 55.8. The van der Waals surface area contributed by atoms with Crippen LogP contribution in [0.25, 0.3) is 28.8 Å². The molecule has 37 nitrogen and oxygen atoms in total. The molecule has 0 fully saturated rings. The molecule has 88 heavy (non-hydrogen) atoms. The molecular weight excluding hydrogens is 1230 g/mol. The van der Waals surface area contributed by atoms with Crippen molar-refractivity contribution in [1.29, 1.82) is 0 Å². The molecule has 12 aromatic heterocycles. The van der Waals surface area contributed by atoms with Gasteiger partial charge in [-0.1, -0.05) is 51.9 Å². The van der Waals surface area contributed by atoms with E-state index in [0.29, 0.717) is 83.8 Å². The van der Waals surface area contributed by atoms with E-state index in [1.165, 1.54) is 110 Å². The number of ether oxygens (including phenoxy) is 5. The minimum Gasteiger partial charge on any atom is -0.477 e. The summed E-state index contributed by atoms with van der Waals surface area (Å²) in [4.78, 5) is 63.8. The van der Waals surface area contributed by atoms with Crippen molar-refractivity contribution in [3.8, 4) is 61.7 Å². The number of hydrogen-bond acceptors (Lipinski definition) is 33. The Balaban J connectivity index is 0.000000145. The second-order valence-electron chi connectivity index (χ2n) is 16.6. The van der Waals surface area contributed by atoms with Crippen LogP contribution >= 0.6 is 45.3 Å². The zero-order valence-corrected chi connectivity index (χ0v) is 49.6. The van der Waals surface area contributed by atoms with Gasteiger partial charge in [0.25, 0.3) is 20.8 Å². The van der Waals surface area contributed by atoms with E-state index >= 15 is 0 Å². The van der Waals surface area contributed by atoms with E-state index in [0.717, 1.165) is 37.5 Å². The van der Waals surface area contributed by atoms with Crippen molar-refractivity contribution in [2.75, 3.05) is 6.61 Å². The maximum absolute atomic E-state index is 12.1. The molecule has 0 amide bonds. The van der Waals surface area contributed by atoms with Crippen LogP contribution < -0.4 is 46.4 Å². The molecule has 450 valence electrons. The van der Waals surface area contributed by atoms with E-state index in [4.69, 9.17) is 35.6 Å². The Morgan fingerprint density at radius 3 is 1.23 bits per heavy atom. The van der Waals surface area contributed by atoms with Crippen molar-refractivity contribution in [1.82, 2.24) is 140 Å². The minimum atomic E-state index is -0.454. The molecule has 12 heterocycles. The summed E-state index contributed by atoms with van der Waals surface area (Å²) in [6.07, 6.45) is 13.0. The Morgan fingerprint density at radius 1 is 0.500 bits per heavy atom. The van der Waals surface area contributed by atoms with E-state index in [1.54, 1.807) is 30.0 Å². The molecule has 0 unspecified atom stereocenters. The summed E-state index contributed by atoms with van der Waals surface area (Å²) < 4.78 is 66.1. The van der Waals surface area contributed by atoms with Gasteiger partial charge < -0.3 is 23.7 Å². The lowest BCUT2D eigenvalue weighted by Gasteiger charge is -2.11. The lowest BCUT2D eigenvalue weighted by molar-refractivity contribution is 0.276. The smallest absolute Gasteiger partial charge is 0.368 e. The molecule has 0 spiro atoms. The first-order valence-electron chi connectivity index (χ1n) is 26.6. The van der Waals surface area contributed by atoms with Gasteiger partial charge in [0, 0.05) is 85.5 Å². The fraction of sp³-hybridized carbons (Fsp3) is 0.234. The summed E-state index contributed by atoms with van der Waals surface area (Å²) in [5.41, 5.74) is 3.28. The van der Waals surface area contributed by atoms with E-state index < -0.39 is 22.8 Å². The SMILES string of the molecule is [3H]c1csc(OCc2c(-n3nnn(C)c3=O)cnnc2C#C)n1.[3H]c1csc(OCc2c(-n3nnn(C)c3=O)cnnc2C)n1.[3H]c1csc(OCc2c(-n3nnn(C)c3=O)cnnc2C=C)n1.[3H]c1csc(OCc2c(-n3nnn(C)c3=O)cnnc2OCC)n1. The molecule has 0 saturated heterocycles. The summed E-state index contributed by atoms with van der Waals surface area (Å²) in [5, 5.41) is 68.4. The fourth-order valence-corrected chi connectivity index (χ4v) is 8.70. The second kappa shape index (κ2) is 28.9. The number of nitrogens with zero attached hydrogens (tertiary/aromatic N) is 28. The molecule has 0 aliphatic carbocycles. The van der Waals surface area contributed by atoms with Gasteiger partial charge >= 0.3 is 22.8 Å². The van der Waals surface area contributed by atoms with Crippen molar-refractivity contribution < 1.29 is 29.2 Å². The fourth-order valence-electron chi connectivity index (χ4n) is 6.95. The highest BCUT2D eigenvalue weighted by molar-refractivity contribution is 7.12. The number of terminal acetylenes is 1. The number of aryl methyl sites for hydroxylation is 5. The van der Waals surface area contributed by atoms with Gasteiger partial charge in [-0.15, -0.1) is 16.6 Å². The summed E-state index contributed by atoms with van der Waals surface area (Å²) in [7, 11) is 5.97. The quantitative estimate of drug-likeness (QED) is 0.0995. The number of aromatic nitrogens is 28. The predicted molar refractivity (Wildman–Crippen MR) is 308 cm³/mol. The third kappa shape index (κ3) is 14.4. The van der Waals surface area contributed by atoms with Crippen LogP contribution in [0.1, 0.15) is 51.7 Å². The van der Waals surface area contributed by atoms with Gasteiger partial charge in [0.2, 0.25) is 5.88 Å². The van der Waals surface area contributed by atoms with Crippen molar-refractivity contribution in [2.24, 2.45) is 28.2 Å². The van der Waals surface area contributed by atoms with Crippen LogP contribution in [-0.4, -0.2) is 146 Å². The Bertz CT molecular complexity index is 4840. The number of rotatable bonds is 19. The Labute approximate surface area is 514 Å². The van der Waals surface area contributed by atoms with Gasteiger partial charge in [0.05, 0.1) is 59.4 Å². The summed E-state index contributed by atoms with van der Waals surface area (Å²) in [5.74, 6) is 2.63. The van der Waals surface area contributed by atoms with Crippen LogP contribution in [0.4, 0.5) is 0 Å². The molecule has 0 aromatic carbocycles. The summed E-state index contributed by atoms with van der Waals surface area (Å²) >= 11 is 4.81. The standard InChI is InChI=1S/C12H13N7O3S.C12H11N7O2S.C12H9N7O2S.C11H11N7O2S/c1-3-21-10-8(7-22-11-13-4-5-23-11)9(6-14-15-10)19-12(20)18(2)16-17-19;2*1-3-9-8(7-21-11-13-4-5-22-11)10(6-14-15-9)19-12(20)18(2)16-17-19;1-7-8(6-20-10-12-3-4-21-10)9(5-13-14-7)18-11(19)17(2)15-16-18/h4-6H,3,7H2,1-2H3;3-6H,1,7H2,2H3;1,4-6H,7H2,2H3;3-5H,6H2,1-2H3/i3*4T;3T. The van der Waals surface area contributed by atoms with E-state index in [2.05, 4.69) is 115 Å². The first-order chi connectivity index (χ1) is 44.3. The van der Waals surface area contributed by atoms with Crippen LogP contribution in [-0.2, 0) is 54.6 Å². The zero-order valence-electron chi connectivity index (χ0n) is 50.3. The average molecular weight is 1280 g/mol. The van der Waals surface area contributed by atoms with Gasteiger partial charge in [0.1, 0.15) is 54.9 Å². The van der Waals surface area contributed by atoms with Crippen LogP contribution in [0.15, 0.2) is 96.8 Å². The molecule has 0 aliphatic heterocycles. The van der Waals surface area contributed by atoms with E-state index in [1.807, 2.05) is 0 Å². The molecular formula is C47H44N28O9S4. The zero-order chi connectivity index (χ0) is 65.6. The maximum atomic E-state index is 12.1. The number of thiazole rings is 4. The monoisotopic (exact) mass is 1280 g/mol. The molecule has 0 N–H and O–H groups in total. The third-order valence-corrected chi connectivity index (χ3v) is 13.7. The van der Waals surface area contributed by atoms with E-state index in [9.17, 15) is 19.2 Å². The van der Waals surface area contributed by atoms with Gasteiger partial charge in [0.15, 0.2) is 0 Å². The maximum Gasteiger partial charge on any atom is 0.368 e.